The Bertz CT molecular complexity index is 378. The van der Waals surface area contributed by atoms with Gasteiger partial charge in [-0.15, -0.1) is 0 Å². The lowest BCUT2D eigenvalue weighted by Gasteiger charge is -2.09. The molecule has 0 aliphatic carbocycles. The lowest BCUT2D eigenvalue weighted by molar-refractivity contribution is 0.0525. The molecule has 0 unspecified atom stereocenters. The number of hydrogen-bond acceptors (Lipinski definition) is 2. The van der Waals surface area contributed by atoms with Crippen molar-refractivity contribution in [2.75, 3.05) is 11.9 Å². The summed E-state index contributed by atoms with van der Waals surface area (Å²) in [6.07, 6.45) is 1.90. The summed E-state index contributed by atoms with van der Waals surface area (Å²) in [6, 6.07) is 5.98. The van der Waals surface area contributed by atoms with Crippen molar-refractivity contribution in [2.45, 2.75) is 25.1 Å². The van der Waals surface area contributed by atoms with Crippen molar-refractivity contribution in [2.24, 2.45) is 0 Å². The lowest BCUT2D eigenvalue weighted by atomic mass is 10.0. The minimum atomic E-state index is -0.222. The fourth-order valence-corrected chi connectivity index (χ4v) is 2.21. The number of aryl methyl sites for hydroxylation is 1. The first kappa shape index (κ1) is 14.7. The number of carbonyl (C=O) groups is 1. The van der Waals surface area contributed by atoms with Gasteiger partial charge in [-0.25, -0.2) is 4.79 Å². The molecule has 0 heterocycles. The van der Waals surface area contributed by atoms with Gasteiger partial charge in [0.2, 0.25) is 0 Å². The number of ether oxygens (including phenoxy) is 1. The van der Waals surface area contributed by atoms with Gasteiger partial charge < -0.3 is 4.74 Å². The van der Waals surface area contributed by atoms with E-state index < -0.39 is 0 Å². The van der Waals surface area contributed by atoms with Crippen LogP contribution in [0.4, 0.5) is 0 Å². The number of alkyl halides is 2. The average molecular weight is 364 g/mol. The van der Waals surface area contributed by atoms with Crippen LogP contribution in [0, 0.1) is 0 Å². The SMILES string of the molecule is CCOC(=O)c1cc(CBr)ccc1CCCBr. The van der Waals surface area contributed by atoms with Crippen LogP contribution in [-0.4, -0.2) is 17.9 Å². The largest absolute Gasteiger partial charge is 0.462 e. The van der Waals surface area contributed by atoms with E-state index in [0.29, 0.717) is 12.2 Å². The minimum absolute atomic E-state index is 0.222. The van der Waals surface area contributed by atoms with E-state index in [-0.39, 0.29) is 5.97 Å². The molecule has 0 radical (unpaired) electrons. The molecule has 0 amide bonds. The van der Waals surface area contributed by atoms with Gasteiger partial charge in [0.15, 0.2) is 0 Å². The molecule has 0 aliphatic rings. The average Bonchev–Trinajstić information content (AvgIpc) is 2.36. The van der Waals surface area contributed by atoms with Crippen LogP contribution >= 0.6 is 31.9 Å². The normalized spacial score (nSPS) is 10.3. The first-order valence-corrected chi connectivity index (χ1v) is 7.88. The second kappa shape index (κ2) is 7.88. The van der Waals surface area contributed by atoms with Crippen LogP contribution in [0.2, 0.25) is 0 Å². The molecule has 0 fully saturated rings. The molecule has 0 N–H and O–H groups in total. The van der Waals surface area contributed by atoms with Gasteiger partial charge in [0.1, 0.15) is 0 Å². The maximum absolute atomic E-state index is 11.8. The van der Waals surface area contributed by atoms with Crippen LogP contribution in [0.1, 0.15) is 34.8 Å². The van der Waals surface area contributed by atoms with Crippen LogP contribution in [0.25, 0.3) is 0 Å². The van der Waals surface area contributed by atoms with Crippen molar-refractivity contribution in [1.82, 2.24) is 0 Å². The quantitative estimate of drug-likeness (QED) is 0.562. The third-order valence-corrected chi connectivity index (χ3v) is 3.61. The molecular weight excluding hydrogens is 348 g/mol. The standard InChI is InChI=1S/C13H16Br2O2/c1-2-17-13(16)12-8-10(9-15)5-6-11(12)4-3-7-14/h5-6,8H,2-4,7,9H2,1H3. The van der Waals surface area contributed by atoms with Crippen LogP contribution in [0.15, 0.2) is 18.2 Å². The van der Waals surface area contributed by atoms with Crippen molar-refractivity contribution in [3.05, 3.63) is 34.9 Å². The molecule has 0 saturated carbocycles. The van der Waals surface area contributed by atoms with Gasteiger partial charge in [-0.05, 0) is 37.0 Å². The van der Waals surface area contributed by atoms with Crippen molar-refractivity contribution in [3.8, 4) is 0 Å². The van der Waals surface area contributed by atoms with E-state index in [4.69, 9.17) is 4.74 Å². The maximum Gasteiger partial charge on any atom is 0.338 e. The molecule has 0 aromatic heterocycles. The second-order valence-corrected chi connectivity index (χ2v) is 4.99. The fraction of sp³-hybridized carbons (Fsp3) is 0.462. The highest BCUT2D eigenvalue weighted by Crippen LogP contribution is 2.17. The highest BCUT2D eigenvalue weighted by molar-refractivity contribution is 9.09. The van der Waals surface area contributed by atoms with Crippen molar-refractivity contribution >= 4 is 37.8 Å². The third-order valence-electron chi connectivity index (χ3n) is 2.40. The zero-order valence-electron chi connectivity index (χ0n) is 9.84. The van der Waals surface area contributed by atoms with Crippen LogP contribution in [-0.2, 0) is 16.5 Å². The maximum atomic E-state index is 11.8. The Morgan fingerprint density at radius 1 is 1.35 bits per heavy atom. The summed E-state index contributed by atoms with van der Waals surface area (Å²) in [5.41, 5.74) is 2.85. The molecular formula is C13H16Br2O2. The predicted molar refractivity (Wildman–Crippen MR) is 77.1 cm³/mol. The van der Waals surface area contributed by atoms with E-state index >= 15 is 0 Å². The van der Waals surface area contributed by atoms with E-state index in [1.54, 1.807) is 0 Å². The molecule has 2 nitrogen and oxygen atoms in total. The molecule has 4 heteroatoms. The third kappa shape index (κ3) is 4.43. The molecule has 0 aliphatic heterocycles. The van der Waals surface area contributed by atoms with E-state index in [2.05, 4.69) is 31.9 Å². The van der Waals surface area contributed by atoms with Crippen molar-refractivity contribution in [3.63, 3.8) is 0 Å². The Morgan fingerprint density at radius 2 is 2.12 bits per heavy atom. The highest BCUT2D eigenvalue weighted by atomic mass is 79.9. The lowest BCUT2D eigenvalue weighted by Crippen LogP contribution is -2.09. The van der Waals surface area contributed by atoms with E-state index in [1.807, 2.05) is 25.1 Å². The summed E-state index contributed by atoms with van der Waals surface area (Å²) in [6.45, 7) is 2.24. The summed E-state index contributed by atoms with van der Waals surface area (Å²) in [4.78, 5) is 11.8. The fourth-order valence-electron chi connectivity index (χ4n) is 1.58. The van der Waals surface area contributed by atoms with E-state index in [0.717, 1.165) is 34.6 Å². The number of benzene rings is 1. The molecule has 17 heavy (non-hydrogen) atoms. The van der Waals surface area contributed by atoms with Gasteiger partial charge in [-0.3, -0.25) is 0 Å². The van der Waals surface area contributed by atoms with Crippen LogP contribution in [0.3, 0.4) is 0 Å². The van der Waals surface area contributed by atoms with E-state index in [1.165, 1.54) is 0 Å². The second-order valence-electron chi connectivity index (χ2n) is 3.64. The topological polar surface area (TPSA) is 26.3 Å². The first-order valence-electron chi connectivity index (χ1n) is 5.63. The molecule has 0 bridgehead atoms. The van der Waals surface area contributed by atoms with Gasteiger partial charge in [0, 0.05) is 10.7 Å². The summed E-state index contributed by atoms with van der Waals surface area (Å²) >= 11 is 6.80. The van der Waals surface area contributed by atoms with Gasteiger partial charge in [0.05, 0.1) is 12.2 Å². The minimum Gasteiger partial charge on any atom is -0.462 e. The Morgan fingerprint density at radius 3 is 2.71 bits per heavy atom. The first-order chi connectivity index (χ1) is 8.22. The summed E-state index contributed by atoms with van der Waals surface area (Å²) in [5.74, 6) is -0.222. The molecule has 1 rings (SSSR count). The Labute approximate surface area is 119 Å². The Balaban J connectivity index is 2.98. The van der Waals surface area contributed by atoms with Gasteiger partial charge in [-0.1, -0.05) is 44.0 Å². The van der Waals surface area contributed by atoms with Crippen LogP contribution in [0.5, 0.6) is 0 Å². The number of hydrogen-bond donors (Lipinski definition) is 0. The van der Waals surface area contributed by atoms with Gasteiger partial charge in [-0.2, -0.15) is 0 Å². The smallest absolute Gasteiger partial charge is 0.338 e. The molecule has 0 atom stereocenters. The number of esters is 1. The summed E-state index contributed by atoms with van der Waals surface area (Å²) in [7, 11) is 0. The number of carbonyl (C=O) groups excluding carboxylic acids is 1. The molecule has 0 saturated heterocycles. The zero-order valence-corrected chi connectivity index (χ0v) is 13.0. The molecule has 0 spiro atoms. The van der Waals surface area contributed by atoms with Gasteiger partial charge >= 0.3 is 5.97 Å². The Kier molecular flexibility index (Phi) is 6.82. The summed E-state index contributed by atoms with van der Waals surface area (Å²) in [5, 5.41) is 1.69. The van der Waals surface area contributed by atoms with Crippen LogP contribution < -0.4 is 0 Å². The number of halogens is 2. The Hall–Kier alpha value is -0.350. The zero-order chi connectivity index (χ0) is 12.7. The molecule has 1 aromatic rings. The molecule has 94 valence electrons. The van der Waals surface area contributed by atoms with E-state index in [9.17, 15) is 4.79 Å². The van der Waals surface area contributed by atoms with Gasteiger partial charge in [0.25, 0.3) is 0 Å². The number of rotatable bonds is 6. The predicted octanol–water partition coefficient (Wildman–Crippen LogP) is 4.09. The molecule has 1 aromatic carbocycles. The summed E-state index contributed by atoms with van der Waals surface area (Å²) < 4.78 is 5.08. The monoisotopic (exact) mass is 362 g/mol. The van der Waals surface area contributed by atoms with Crippen molar-refractivity contribution in [1.29, 1.82) is 0 Å². The van der Waals surface area contributed by atoms with Crippen molar-refractivity contribution < 1.29 is 9.53 Å². The highest BCUT2D eigenvalue weighted by Gasteiger charge is 2.12.